The summed E-state index contributed by atoms with van der Waals surface area (Å²) in [6.45, 7) is 5.22. The van der Waals surface area contributed by atoms with Crippen LogP contribution in [-0.2, 0) is 28.4 Å². The number of hydrogen-bond donors (Lipinski definition) is 0. The summed E-state index contributed by atoms with van der Waals surface area (Å²) >= 11 is 0. The smallest absolute Gasteiger partial charge is 0.166 e. The van der Waals surface area contributed by atoms with Gasteiger partial charge in [-0.15, -0.1) is 0 Å². The minimum absolute atomic E-state index is 0.0832. The second kappa shape index (κ2) is 7.69. The van der Waals surface area contributed by atoms with Crippen LogP contribution in [-0.4, -0.2) is 18.3 Å². The van der Waals surface area contributed by atoms with Gasteiger partial charge in [-0.3, -0.25) is 0 Å². The number of nitrogens with zero attached hydrogens (tertiary/aromatic N) is 1. The minimum Gasteiger partial charge on any atom is -0.356 e. The quantitative estimate of drug-likeness (QED) is 0.611. The Labute approximate surface area is 161 Å². The summed E-state index contributed by atoms with van der Waals surface area (Å²) in [5.74, 6) is 0.849. The van der Waals surface area contributed by atoms with E-state index in [0.29, 0.717) is 0 Å². The van der Waals surface area contributed by atoms with Gasteiger partial charge in [0.1, 0.15) is 0 Å². The number of sulfone groups is 1. The lowest BCUT2D eigenvalue weighted by atomic mass is 10.0. The Balaban J connectivity index is 1.59. The molecule has 0 aliphatic rings. The molecule has 0 aliphatic carbocycles. The van der Waals surface area contributed by atoms with Gasteiger partial charge in [0, 0.05) is 11.6 Å². The third-order valence-electron chi connectivity index (χ3n) is 4.69. The molecule has 3 rings (SSSR count). The number of aryl methyl sites for hydroxylation is 2. The Morgan fingerprint density at radius 1 is 0.815 bits per heavy atom. The Kier molecular flexibility index (Phi) is 5.51. The van der Waals surface area contributed by atoms with Crippen LogP contribution in [0, 0.1) is 0 Å². The van der Waals surface area contributed by atoms with Gasteiger partial charge in [0.25, 0.3) is 0 Å². The van der Waals surface area contributed by atoms with Gasteiger partial charge < -0.3 is 4.52 Å². The van der Waals surface area contributed by atoms with Crippen molar-refractivity contribution in [3.05, 3.63) is 77.5 Å². The van der Waals surface area contributed by atoms with Crippen LogP contribution in [0.5, 0.6) is 0 Å². The monoisotopic (exact) mass is 383 g/mol. The summed E-state index contributed by atoms with van der Waals surface area (Å²) in [5, 5.41) is 3.73. The molecule has 0 fully saturated rings. The van der Waals surface area contributed by atoms with Crippen molar-refractivity contribution in [2.75, 3.05) is 0 Å². The number of benzene rings is 2. The largest absolute Gasteiger partial charge is 0.356 e. The Bertz CT molecular complexity index is 966. The summed E-state index contributed by atoms with van der Waals surface area (Å²) in [6, 6.07) is 18.0. The van der Waals surface area contributed by atoms with Crippen LogP contribution in [0.15, 0.2) is 65.3 Å². The van der Waals surface area contributed by atoms with E-state index in [-0.39, 0.29) is 5.75 Å². The molecule has 1 aromatic heterocycles. The topological polar surface area (TPSA) is 60.2 Å². The van der Waals surface area contributed by atoms with Gasteiger partial charge in [-0.25, -0.2) is 8.42 Å². The van der Waals surface area contributed by atoms with E-state index in [2.05, 4.69) is 17.3 Å². The molecule has 142 valence electrons. The molecule has 0 aliphatic heterocycles. The molecule has 2 aromatic carbocycles. The van der Waals surface area contributed by atoms with Crippen LogP contribution in [0.2, 0.25) is 0 Å². The number of hydrogen-bond acceptors (Lipinski definition) is 4. The molecule has 0 N–H and O–H groups in total. The molecule has 0 bridgehead atoms. The molecule has 27 heavy (non-hydrogen) atoms. The lowest BCUT2D eigenvalue weighted by Crippen LogP contribution is -2.29. The first-order chi connectivity index (χ1) is 12.7. The lowest BCUT2D eigenvalue weighted by molar-refractivity contribution is 0.432. The van der Waals surface area contributed by atoms with Gasteiger partial charge in [-0.05, 0) is 50.3 Å². The average Bonchev–Trinajstić information content (AvgIpc) is 3.15. The fraction of sp³-hybridized carbons (Fsp3) is 0.318. The minimum atomic E-state index is -3.15. The van der Waals surface area contributed by atoms with E-state index in [4.69, 9.17) is 4.52 Å². The maximum Gasteiger partial charge on any atom is 0.166 e. The Morgan fingerprint density at radius 2 is 1.33 bits per heavy atom. The van der Waals surface area contributed by atoms with Crippen molar-refractivity contribution >= 4 is 9.84 Å². The van der Waals surface area contributed by atoms with Crippen LogP contribution in [0.1, 0.15) is 37.5 Å². The second-order valence-corrected chi connectivity index (χ2v) is 10.5. The van der Waals surface area contributed by atoms with Gasteiger partial charge in [-0.1, -0.05) is 53.7 Å². The zero-order valence-corrected chi connectivity index (χ0v) is 16.8. The molecule has 5 heteroatoms. The van der Waals surface area contributed by atoms with Crippen molar-refractivity contribution < 1.29 is 12.9 Å². The predicted molar refractivity (Wildman–Crippen MR) is 108 cm³/mol. The molecule has 0 saturated heterocycles. The molecule has 0 saturated carbocycles. The van der Waals surface area contributed by atoms with Crippen LogP contribution < -0.4 is 0 Å². The molecule has 3 aromatic rings. The van der Waals surface area contributed by atoms with Crippen LogP contribution >= 0.6 is 0 Å². The van der Waals surface area contributed by atoms with E-state index >= 15 is 0 Å². The van der Waals surface area contributed by atoms with Gasteiger partial charge in [0.05, 0.1) is 16.7 Å². The predicted octanol–water partition coefficient (Wildman–Crippen LogP) is 4.84. The first kappa shape index (κ1) is 19.4. The standard InChI is InChI=1S/C22H25NO3S/c1-22(2,3)27(24,25)16-19-8-6-17(7-9-19)4-5-18-10-12-20(13-11-18)21-14-15-23-26-21/h6-15H,4-5,16H2,1-3H3. The molecular formula is C22H25NO3S. The molecule has 0 spiro atoms. The summed E-state index contributed by atoms with van der Waals surface area (Å²) in [4.78, 5) is 0. The number of aromatic nitrogens is 1. The molecule has 0 atom stereocenters. The normalized spacial score (nSPS) is 12.3. The lowest BCUT2D eigenvalue weighted by Gasteiger charge is -2.19. The van der Waals surface area contributed by atoms with Gasteiger partial charge in [-0.2, -0.15) is 0 Å². The first-order valence-electron chi connectivity index (χ1n) is 9.05. The molecule has 0 amide bonds. The summed E-state index contributed by atoms with van der Waals surface area (Å²) in [6.07, 6.45) is 3.48. The van der Waals surface area contributed by atoms with Gasteiger partial charge in [0.15, 0.2) is 15.6 Å². The van der Waals surface area contributed by atoms with E-state index in [1.807, 2.05) is 42.5 Å². The van der Waals surface area contributed by atoms with E-state index in [1.54, 1.807) is 27.0 Å². The van der Waals surface area contributed by atoms with E-state index in [1.165, 1.54) is 11.1 Å². The molecule has 0 radical (unpaired) electrons. The molecular weight excluding hydrogens is 358 g/mol. The fourth-order valence-electron chi connectivity index (χ4n) is 2.73. The summed E-state index contributed by atoms with van der Waals surface area (Å²) < 4.78 is 29.1. The van der Waals surface area contributed by atoms with Gasteiger partial charge >= 0.3 is 0 Å². The van der Waals surface area contributed by atoms with Crippen molar-refractivity contribution in [3.8, 4) is 11.3 Å². The average molecular weight is 384 g/mol. The van der Waals surface area contributed by atoms with Crippen molar-refractivity contribution in [1.29, 1.82) is 0 Å². The van der Waals surface area contributed by atoms with Gasteiger partial charge in [0.2, 0.25) is 0 Å². The van der Waals surface area contributed by atoms with Crippen molar-refractivity contribution in [1.82, 2.24) is 5.16 Å². The third-order valence-corrected chi connectivity index (χ3v) is 7.27. The van der Waals surface area contributed by atoms with Crippen LogP contribution in [0.4, 0.5) is 0 Å². The molecule has 1 heterocycles. The third kappa shape index (κ3) is 4.86. The molecule has 4 nitrogen and oxygen atoms in total. The van der Waals surface area contributed by atoms with Crippen molar-refractivity contribution in [2.24, 2.45) is 0 Å². The van der Waals surface area contributed by atoms with E-state index < -0.39 is 14.6 Å². The molecule has 0 unspecified atom stereocenters. The van der Waals surface area contributed by atoms with E-state index in [9.17, 15) is 8.42 Å². The van der Waals surface area contributed by atoms with Crippen molar-refractivity contribution in [2.45, 2.75) is 44.1 Å². The zero-order chi connectivity index (χ0) is 19.5. The highest BCUT2D eigenvalue weighted by molar-refractivity contribution is 7.91. The highest BCUT2D eigenvalue weighted by Gasteiger charge is 2.28. The second-order valence-electron chi connectivity index (χ2n) is 7.76. The Morgan fingerprint density at radius 3 is 1.81 bits per heavy atom. The Hall–Kier alpha value is -2.40. The maximum atomic E-state index is 12.3. The van der Waals surface area contributed by atoms with Crippen LogP contribution in [0.25, 0.3) is 11.3 Å². The van der Waals surface area contributed by atoms with Crippen LogP contribution in [0.3, 0.4) is 0 Å². The summed E-state index contributed by atoms with van der Waals surface area (Å²) in [7, 11) is -3.15. The maximum absolute atomic E-state index is 12.3. The SMILES string of the molecule is CC(C)(C)S(=O)(=O)Cc1ccc(CCc2ccc(-c3ccno3)cc2)cc1. The zero-order valence-electron chi connectivity index (χ0n) is 16.0. The summed E-state index contributed by atoms with van der Waals surface area (Å²) in [5.41, 5.74) is 4.30. The number of rotatable bonds is 6. The first-order valence-corrected chi connectivity index (χ1v) is 10.7. The fourth-order valence-corrected chi connectivity index (χ4v) is 3.79. The highest BCUT2D eigenvalue weighted by Crippen LogP contribution is 2.22. The highest BCUT2D eigenvalue weighted by atomic mass is 32.2. The van der Waals surface area contributed by atoms with E-state index in [0.717, 1.165) is 29.7 Å². The van der Waals surface area contributed by atoms with Crippen molar-refractivity contribution in [3.63, 3.8) is 0 Å².